The van der Waals surface area contributed by atoms with Crippen molar-refractivity contribution < 1.29 is 15.6 Å². The van der Waals surface area contributed by atoms with Crippen LogP contribution in [0.2, 0.25) is 0 Å². The number of ether oxygens (including phenoxy) is 1. The molecule has 0 saturated heterocycles. The second-order valence-electron chi connectivity index (χ2n) is 3.52. The molecule has 1 atom stereocenters. The van der Waals surface area contributed by atoms with E-state index in [-0.39, 0.29) is 0 Å². The number of hydrogen-bond acceptors (Lipinski definition) is 2. The first-order chi connectivity index (χ1) is 6.63. The van der Waals surface area contributed by atoms with Gasteiger partial charge in [-0.15, -0.1) is 0 Å². The summed E-state index contributed by atoms with van der Waals surface area (Å²) in [6, 6.07) is 5.99. The molecule has 0 aliphatic heterocycles. The molecule has 14 heavy (non-hydrogen) atoms. The highest BCUT2D eigenvalue weighted by molar-refractivity contribution is 5.35. The van der Waals surface area contributed by atoms with Crippen molar-refractivity contribution >= 4 is 0 Å². The summed E-state index contributed by atoms with van der Waals surface area (Å²) in [5, 5.41) is 9.28. The summed E-state index contributed by atoms with van der Waals surface area (Å²) in [7, 11) is 0. The van der Waals surface area contributed by atoms with Gasteiger partial charge in [0.15, 0.2) is 0 Å². The predicted molar refractivity (Wildman–Crippen MR) is 55.2 cm³/mol. The molecular formula is C11H18NO2+. The number of aliphatic hydroxyl groups is 1. The maximum absolute atomic E-state index is 9.28. The van der Waals surface area contributed by atoms with Crippen LogP contribution in [0.15, 0.2) is 18.2 Å². The maximum Gasteiger partial charge on any atom is 0.136 e. The number of benzene rings is 1. The van der Waals surface area contributed by atoms with Crippen LogP contribution < -0.4 is 10.5 Å². The molecule has 3 heteroatoms. The molecule has 0 heterocycles. The topological polar surface area (TPSA) is 57.1 Å². The molecule has 0 saturated carbocycles. The summed E-state index contributed by atoms with van der Waals surface area (Å²) in [5.41, 5.74) is 5.92. The molecule has 4 N–H and O–H groups in total. The Balaban J connectivity index is 2.59. The lowest BCUT2D eigenvalue weighted by Crippen LogP contribution is -2.56. The van der Waals surface area contributed by atoms with Gasteiger partial charge in [0.2, 0.25) is 0 Å². The van der Waals surface area contributed by atoms with Crippen molar-refractivity contribution in [1.82, 2.24) is 0 Å². The van der Waals surface area contributed by atoms with Crippen molar-refractivity contribution in [2.24, 2.45) is 0 Å². The first kappa shape index (κ1) is 11.0. The number of aryl methyl sites for hydroxylation is 2. The van der Waals surface area contributed by atoms with Gasteiger partial charge in [-0.2, -0.15) is 0 Å². The fraction of sp³-hybridized carbons (Fsp3) is 0.455. The smallest absolute Gasteiger partial charge is 0.136 e. The van der Waals surface area contributed by atoms with Crippen molar-refractivity contribution in [2.75, 3.05) is 13.2 Å². The number of hydrogen-bond donors (Lipinski definition) is 2. The lowest BCUT2D eigenvalue weighted by atomic mass is 10.1. The molecule has 3 nitrogen and oxygen atoms in total. The highest BCUT2D eigenvalue weighted by atomic mass is 16.5. The summed E-state index contributed by atoms with van der Waals surface area (Å²) in [5.74, 6) is 0.836. The lowest BCUT2D eigenvalue weighted by molar-refractivity contribution is -0.384. The fourth-order valence-corrected chi connectivity index (χ4v) is 1.23. The fourth-order valence-electron chi connectivity index (χ4n) is 1.23. The monoisotopic (exact) mass is 196 g/mol. The van der Waals surface area contributed by atoms with E-state index in [2.05, 4.69) is 11.8 Å². The molecular weight excluding hydrogens is 178 g/mol. The van der Waals surface area contributed by atoms with E-state index in [1.165, 1.54) is 5.56 Å². The number of aliphatic hydroxyl groups excluding tert-OH is 1. The third-order valence-electron chi connectivity index (χ3n) is 2.09. The van der Waals surface area contributed by atoms with Gasteiger partial charge < -0.3 is 15.6 Å². The van der Waals surface area contributed by atoms with E-state index in [9.17, 15) is 5.11 Å². The van der Waals surface area contributed by atoms with E-state index in [4.69, 9.17) is 4.74 Å². The molecule has 1 aromatic carbocycles. The van der Waals surface area contributed by atoms with Gasteiger partial charge in [-0.3, -0.25) is 0 Å². The van der Waals surface area contributed by atoms with Gasteiger partial charge in [0.05, 0.1) is 0 Å². The standard InChI is InChI=1S/C11H17NO2/c1-8-3-4-11(9(2)5-8)14-7-10(13)6-12/h3-5,10,13H,6-7,12H2,1-2H3/p+1/t10-/m1/s1. The molecule has 0 aliphatic rings. The first-order valence-corrected chi connectivity index (χ1v) is 4.81. The third-order valence-corrected chi connectivity index (χ3v) is 2.09. The van der Waals surface area contributed by atoms with E-state index < -0.39 is 6.10 Å². The Kier molecular flexibility index (Phi) is 3.92. The van der Waals surface area contributed by atoms with Gasteiger partial charge in [-0.1, -0.05) is 17.7 Å². The van der Waals surface area contributed by atoms with Gasteiger partial charge in [0.1, 0.15) is 25.0 Å². The minimum atomic E-state index is -0.476. The molecule has 0 bridgehead atoms. The number of rotatable bonds is 4. The van der Waals surface area contributed by atoms with Crippen molar-refractivity contribution in [1.29, 1.82) is 0 Å². The van der Waals surface area contributed by atoms with Crippen LogP contribution in [0, 0.1) is 13.8 Å². The van der Waals surface area contributed by atoms with Gasteiger partial charge >= 0.3 is 0 Å². The van der Waals surface area contributed by atoms with Gasteiger partial charge in [0.25, 0.3) is 0 Å². The zero-order valence-corrected chi connectivity index (χ0v) is 8.79. The second kappa shape index (κ2) is 4.98. The molecule has 0 aliphatic carbocycles. The van der Waals surface area contributed by atoms with Crippen molar-refractivity contribution in [2.45, 2.75) is 20.0 Å². The van der Waals surface area contributed by atoms with Gasteiger partial charge in [0, 0.05) is 0 Å². The van der Waals surface area contributed by atoms with Crippen LogP contribution in [0.4, 0.5) is 0 Å². The van der Waals surface area contributed by atoms with Crippen LogP contribution in [0.3, 0.4) is 0 Å². The van der Waals surface area contributed by atoms with Gasteiger partial charge in [-0.25, -0.2) is 0 Å². The quantitative estimate of drug-likeness (QED) is 0.727. The largest absolute Gasteiger partial charge is 0.490 e. The van der Waals surface area contributed by atoms with Crippen LogP contribution >= 0.6 is 0 Å². The highest BCUT2D eigenvalue weighted by Crippen LogP contribution is 2.18. The van der Waals surface area contributed by atoms with Crippen LogP contribution in [0.5, 0.6) is 5.75 Å². The molecule has 0 aromatic heterocycles. The zero-order chi connectivity index (χ0) is 10.6. The van der Waals surface area contributed by atoms with E-state index in [1.54, 1.807) is 0 Å². The van der Waals surface area contributed by atoms with Crippen LogP contribution in [0.25, 0.3) is 0 Å². The predicted octanol–water partition coefficient (Wildman–Crippen LogP) is 0.285. The summed E-state index contributed by atoms with van der Waals surface area (Å²) < 4.78 is 5.45. The van der Waals surface area contributed by atoms with Crippen molar-refractivity contribution in [3.8, 4) is 5.75 Å². The van der Waals surface area contributed by atoms with Crippen molar-refractivity contribution in [3.63, 3.8) is 0 Å². The van der Waals surface area contributed by atoms with Crippen LogP contribution in [0.1, 0.15) is 11.1 Å². The minimum absolute atomic E-state index is 0.313. The zero-order valence-electron chi connectivity index (χ0n) is 8.79. The average Bonchev–Trinajstić information content (AvgIpc) is 2.16. The van der Waals surface area contributed by atoms with E-state index in [1.807, 2.05) is 26.0 Å². The van der Waals surface area contributed by atoms with Gasteiger partial charge in [-0.05, 0) is 25.5 Å². The minimum Gasteiger partial charge on any atom is -0.490 e. The van der Waals surface area contributed by atoms with E-state index >= 15 is 0 Å². The third kappa shape index (κ3) is 3.01. The molecule has 0 fully saturated rings. The SMILES string of the molecule is Cc1ccc(OC[C@H](O)C[NH3+])c(C)c1. The molecule has 1 aromatic rings. The Morgan fingerprint density at radius 3 is 2.71 bits per heavy atom. The Hall–Kier alpha value is -1.06. The summed E-state index contributed by atoms with van der Waals surface area (Å²) in [6.07, 6.45) is -0.476. The Bertz CT molecular complexity index is 299. The average molecular weight is 196 g/mol. The Labute approximate surface area is 84.5 Å². The normalized spacial score (nSPS) is 12.6. The first-order valence-electron chi connectivity index (χ1n) is 4.81. The Morgan fingerprint density at radius 2 is 2.14 bits per heavy atom. The van der Waals surface area contributed by atoms with Crippen molar-refractivity contribution in [3.05, 3.63) is 29.3 Å². The molecule has 0 unspecified atom stereocenters. The van der Waals surface area contributed by atoms with Crippen LogP contribution in [-0.2, 0) is 0 Å². The van der Waals surface area contributed by atoms with E-state index in [0.717, 1.165) is 11.3 Å². The summed E-state index contributed by atoms with van der Waals surface area (Å²) in [6.45, 7) is 4.83. The summed E-state index contributed by atoms with van der Waals surface area (Å²) in [4.78, 5) is 0. The molecule has 0 radical (unpaired) electrons. The number of quaternary nitrogens is 1. The Morgan fingerprint density at radius 1 is 1.43 bits per heavy atom. The highest BCUT2D eigenvalue weighted by Gasteiger charge is 2.05. The maximum atomic E-state index is 9.28. The van der Waals surface area contributed by atoms with E-state index in [0.29, 0.717) is 13.2 Å². The van der Waals surface area contributed by atoms with Crippen LogP contribution in [-0.4, -0.2) is 24.4 Å². The molecule has 78 valence electrons. The second-order valence-corrected chi connectivity index (χ2v) is 3.52. The molecule has 0 spiro atoms. The summed E-state index contributed by atoms with van der Waals surface area (Å²) >= 11 is 0. The molecule has 0 amide bonds. The lowest BCUT2D eigenvalue weighted by Gasteiger charge is -2.11. The molecule has 1 rings (SSSR count).